The van der Waals surface area contributed by atoms with E-state index in [1.807, 2.05) is 32.6 Å². The van der Waals surface area contributed by atoms with Crippen molar-refractivity contribution in [3.8, 4) is 0 Å². The first-order chi connectivity index (χ1) is 9.53. The lowest BCUT2D eigenvalue weighted by atomic mass is 10.1. The third-order valence-electron chi connectivity index (χ3n) is 3.64. The van der Waals surface area contributed by atoms with Gasteiger partial charge in [-0.25, -0.2) is 13.1 Å². The van der Waals surface area contributed by atoms with Crippen molar-refractivity contribution in [3.05, 3.63) is 0 Å². The van der Waals surface area contributed by atoms with E-state index < -0.39 is 9.84 Å². The van der Waals surface area contributed by atoms with E-state index in [2.05, 4.69) is 10.4 Å². The van der Waals surface area contributed by atoms with E-state index >= 15 is 0 Å². The van der Waals surface area contributed by atoms with Crippen molar-refractivity contribution in [2.45, 2.75) is 44.2 Å². The number of anilines is 2. The maximum Gasteiger partial charge on any atom is 0.182 e. The van der Waals surface area contributed by atoms with Gasteiger partial charge in [-0.05, 0) is 27.7 Å². The molecule has 1 aliphatic rings. The Hall–Kier alpha value is -1.28. The summed E-state index contributed by atoms with van der Waals surface area (Å²) >= 11 is 0. The van der Waals surface area contributed by atoms with Crippen molar-refractivity contribution in [1.82, 2.24) is 15.1 Å². The zero-order chi connectivity index (χ0) is 16.0. The molecule has 0 spiro atoms. The van der Waals surface area contributed by atoms with Gasteiger partial charge < -0.3 is 16.0 Å². The molecular weight excluding hydrogens is 290 g/mol. The third kappa shape index (κ3) is 3.01. The van der Waals surface area contributed by atoms with E-state index in [4.69, 9.17) is 5.73 Å². The zero-order valence-corrected chi connectivity index (χ0v) is 14.2. The van der Waals surface area contributed by atoms with Crippen LogP contribution >= 0.6 is 0 Å². The molecule has 1 fully saturated rings. The molecule has 2 heterocycles. The van der Waals surface area contributed by atoms with Crippen molar-refractivity contribution in [2.75, 3.05) is 36.5 Å². The summed E-state index contributed by atoms with van der Waals surface area (Å²) in [5.74, 6) is 0.685. The second-order valence-electron chi connectivity index (χ2n) is 6.64. The second-order valence-corrected chi connectivity index (χ2v) is 8.59. The highest BCUT2D eigenvalue weighted by Crippen LogP contribution is 2.34. The molecule has 1 unspecified atom stereocenters. The molecule has 0 radical (unpaired) electrons. The molecule has 1 saturated heterocycles. The van der Waals surface area contributed by atoms with Gasteiger partial charge in [0, 0.05) is 31.9 Å². The Morgan fingerprint density at radius 1 is 1.38 bits per heavy atom. The summed E-state index contributed by atoms with van der Waals surface area (Å²) in [4.78, 5) is 2.16. The Kier molecular flexibility index (Phi) is 3.96. The number of nitrogens with one attached hydrogen (secondary N) is 1. The molecule has 0 amide bonds. The van der Waals surface area contributed by atoms with Gasteiger partial charge in [-0.3, -0.25) is 0 Å². The fourth-order valence-corrected chi connectivity index (χ4v) is 3.57. The SMILES string of the molecule is CC1CNCCN1c1nn(C(C)(C)C)c(N)c1S(C)(=O)=O. The predicted octanol–water partition coefficient (Wildman–Crippen LogP) is 0.422. The standard InChI is InChI=1S/C13H25N5O2S/c1-9-8-15-6-7-17(9)12-10(21(5,19)20)11(14)18(16-12)13(2,3)4/h9,15H,6-8,14H2,1-5H3. The molecule has 0 saturated carbocycles. The van der Waals surface area contributed by atoms with Crippen molar-refractivity contribution in [1.29, 1.82) is 0 Å². The molecule has 8 heteroatoms. The van der Waals surface area contributed by atoms with Crippen molar-refractivity contribution >= 4 is 21.5 Å². The zero-order valence-electron chi connectivity index (χ0n) is 13.3. The first kappa shape index (κ1) is 16.1. The number of rotatable bonds is 2. The number of hydrogen-bond acceptors (Lipinski definition) is 6. The van der Waals surface area contributed by atoms with Crippen LogP contribution in [0.4, 0.5) is 11.6 Å². The summed E-state index contributed by atoms with van der Waals surface area (Å²) in [5.41, 5.74) is 5.73. The van der Waals surface area contributed by atoms with E-state index in [0.717, 1.165) is 13.1 Å². The summed E-state index contributed by atoms with van der Waals surface area (Å²) in [5, 5.41) is 7.82. The van der Waals surface area contributed by atoms with Gasteiger partial charge >= 0.3 is 0 Å². The van der Waals surface area contributed by atoms with Crippen LogP contribution in [0.1, 0.15) is 27.7 Å². The van der Waals surface area contributed by atoms with Crippen molar-refractivity contribution in [2.24, 2.45) is 0 Å². The minimum Gasteiger partial charge on any atom is -0.383 e. The molecule has 3 N–H and O–H groups in total. The smallest absolute Gasteiger partial charge is 0.182 e. The summed E-state index contributed by atoms with van der Waals surface area (Å²) in [6.07, 6.45) is 1.18. The van der Waals surface area contributed by atoms with Crippen LogP contribution < -0.4 is 16.0 Å². The van der Waals surface area contributed by atoms with E-state index in [0.29, 0.717) is 12.4 Å². The van der Waals surface area contributed by atoms with E-state index in [1.54, 1.807) is 4.68 Å². The number of hydrogen-bond donors (Lipinski definition) is 2. The fraction of sp³-hybridized carbons (Fsp3) is 0.769. The Bertz CT molecular complexity index is 630. The van der Waals surface area contributed by atoms with Gasteiger partial charge in [-0.15, -0.1) is 0 Å². The maximum atomic E-state index is 12.2. The van der Waals surface area contributed by atoms with Crippen LogP contribution in [0.2, 0.25) is 0 Å². The average molecular weight is 315 g/mol. The molecule has 0 aromatic carbocycles. The molecule has 1 aliphatic heterocycles. The van der Waals surface area contributed by atoms with Gasteiger partial charge in [0.2, 0.25) is 0 Å². The van der Waals surface area contributed by atoms with Crippen LogP contribution in [-0.4, -0.2) is 50.1 Å². The van der Waals surface area contributed by atoms with Gasteiger partial charge in [0.25, 0.3) is 0 Å². The number of sulfone groups is 1. The molecule has 0 bridgehead atoms. The Labute approximate surface area is 126 Å². The Morgan fingerprint density at radius 2 is 2.00 bits per heavy atom. The Morgan fingerprint density at radius 3 is 2.48 bits per heavy atom. The summed E-state index contributed by atoms with van der Waals surface area (Å²) < 4.78 is 26.0. The van der Waals surface area contributed by atoms with Crippen LogP contribution in [0.3, 0.4) is 0 Å². The fourth-order valence-electron chi connectivity index (χ4n) is 2.62. The molecular formula is C13H25N5O2S. The van der Waals surface area contributed by atoms with E-state index in [1.165, 1.54) is 6.26 Å². The van der Waals surface area contributed by atoms with Crippen LogP contribution in [-0.2, 0) is 15.4 Å². The molecule has 0 aliphatic carbocycles. The van der Waals surface area contributed by atoms with Gasteiger partial charge in [-0.2, -0.15) is 5.10 Å². The second kappa shape index (κ2) is 5.17. The van der Waals surface area contributed by atoms with Crippen LogP contribution in [0, 0.1) is 0 Å². The predicted molar refractivity (Wildman–Crippen MR) is 84.4 cm³/mol. The first-order valence-electron chi connectivity index (χ1n) is 7.10. The minimum absolute atomic E-state index is 0.145. The number of nitrogens with zero attached hydrogens (tertiary/aromatic N) is 3. The van der Waals surface area contributed by atoms with Crippen LogP contribution in [0.25, 0.3) is 0 Å². The maximum absolute atomic E-state index is 12.2. The molecule has 1 aromatic rings. The topological polar surface area (TPSA) is 93.2 Å². The molecule has 7 nitrogen and oxygen atoms in total. The van der Waals surface area contributed by atoms with Gasteiger partial charge in [0.1, 0.15) is 5.82 Å². The molecule has 1 aromatic heterocycles. The Balaban J connectivity index is 2.64. The number of aromatic nitrogens is 2. The van der Waals surface area contributed by atoms with Crippen molar-refractivity contribution < 1.29 is 8.42 Å². The quantitative estimate of drug-likeness (QED) is 0.822. The summed E-state index contributed by atoms with van der Waals surface area (Å²) in [7, 11) is -3.45. The molecule has 2 rings (SSSR count). The lowest BCUT2D eigenvalue weighted by Gasteiger charge is -2.34. The molecule has 1 atom stereocenters. The van der Waals surface area contributed by atoms with E-state index in [9.17, 15) is 8.42 Å². The largest absolute Gasteiger partial charge is 0.383 e. The van der Waals surface area contributed by atoms with Gasteiger partial charge in [0.15, 0.2) is 20.6 Å². The van der Waals surface area contributed by atoms with Crippen LogP contribution in [0.15, 0.2) is 4.90 Å². The number of nitrogens with two attached hydrogens (primary N) is 1. The lowest BCUT2D eigenvalue weighted by Crippen LogP contribution is -2.50. The third-order valence-corrected chi connectivity index (χ3v) is 4.77. The van der Waals surface area contributed by atoms with Crippen LogP contribution in [0.5, 0.6) is 0 Å². The molecule has 120 valence electrons. The summed E-state index contributed by atoms with van der Waals surface area (Å²) in [6.45, 7) is 10.2. The highest BCUT2D eigenvalue weighted by Gasteiger charge is 2.33. The summed E-state index contributed by atoms with van der Waals surface area (Å²) in [6, 6.07) is 0.168. The van der Waals surface area contributed by atoms with Gasteiger partial charge in [-0.1, -0.05) is 0 Å². The van der Waals surface area contributed by atoms with E-state index in [-0.39, 0.29) is 22.3 Å². The highest BCUT2D eigenvalue weighted by molar-refractivity contribution is 7.91. The minimum atomic E-state index is -3.45. The number of piperazine rings is 1. The highest BCUT2D eigenvalue weighted by atomic mass is 32.2. The average Bonchev–Trinajstić information content (AvgIpc) is 2.66. The first-order valence-corrected chi connectivity index (χ1v) is 8.99. The number of nitrogen functional groups attached to an aromatic ring is 1. The normalized spacial score (nSPS) is 20.8. The monoisotopic (exact) mass is 315 g/mol. The van der Waals surface area contributed by atoms with Gasteiger partial charge in [0.05, 0.1) is 5.54 Å². The lowest BCUT2D eigenvalue weighted by molar-refractivity contribution is 0.360. The van der Waals surface area contributed by atoms with Crippen molar-refractivity contribution in [3.63, 3.8) is 0 Å². The molecule has 21 heavy (non-hydrogen) atoms.